The van der Waals surface area contributed by atoms with Crippen molar-refractivity contribution in [2.24, 2.45) is 0 Å². The Balaban J connectivity index is 2.26. The lowest BCUT2D eigenvalue weighted by Crippen LogP contribution is -2.25. The third-order valence-electron chi connectivity index (χ3n) is 2.71. The van der Waals surface area contributed by atoms with Gasteiger partial charge in [0.05, 0.1) is 6.42 Å². The summed E-state index contributed by atoms with van der Waals surface area (Å²) in [6.45, 7) is 3.28. The Bertz CT molecular complexity index is 497. The van der Waals surface area contributed by atoms with Crippen LogP contribution in [0.15, 0.2) is 24.3 Å². The summed E-state index contributed by atoms with van der Waals surface area (Å²) >= 11 is 0. The second-order valence-corrected chi connectivity index (χ2v) is 4.49. The first-order chi connectivity index (χ1) is 10.0. The minimum absolute atomic E-state index is 0.0397. The number of anilines is 1. The molecule has 0 heterocycles. The molecule has 21 heavy (non-hydrogen) atoms. The number of benzene rings is 1. The summed E-state index contributed by atoms with van der Waals surface area (Å²) in [5.41, 5.74) is 1.84. The highest BCUT2D eigenvalue weighted by Crippen LogP contribution is 2.09. The van der Waals surface area contributed by atoms with Crippen LogP contribution < -0.4 is 10.6 Å². The second-order valence-electron chi connectivity index (χ2n) is 4.49. The van der Waals surface area contributed by atoms with E-state index in [2.05, 4.69) is 10.6 Å². The number of carbonyl (C=O) groups is 3. The first-order valence-corrected chi connectivity index (χ1v) is 6.80. The van der Waals surface area contributed by atoms with E-state index in [0.717, 1.165) is 6.42 Å². The van der Waals surface area contributed by atoms with Crippen molar-refractivity contribution in [3.8, 4) is 0 Å². The predicted molar refractivity (Wildman–Crippen MR) is 78.7 cm³/mol. The number of rotatable bonds is 7. The van der Waals surface area contributed by atoms with E-state index in [1.54, 1.807) is 12.1 Å². The smallest absolute Gasteiger partial charge is 0.308 e. The minimum atomic E-state index is -0.528. The number of esters is 1. The largest absolute Gasteiger partial charge is 0.456 e. The van der Waals surface area contributed by atoms with E-state index in [-0.39, 0.29) is 25.5 Å². The van der Waals surface area contributed by atoms with Crippen LogP contribution >= 0.6 is 0 Å². The van der Waals surface area contributed by atoms with E-state index in [9.17, 15) is 14.4 Å². The monoisotopic (exact) mass is 292 g/mol. The van der Waals surface area contributed by atoms with Gasteiger partial charge in [-0.15, -0.1) is 0 Å². The number of hydrogen-bond donors (Lipinski definition) is 2. The molecular formula is C15H20N2O4. The summed E-state index contributed by atoms with van der Waals surface area (Å²) in [6.07, 6.45) is 0.970. The number of aryl methyl sites for hydroxylation is 1. The number of amides is 2. The predicted octanol–water partition coefficient (Wildman–Crippen LogP) is 1.26. The van der Waals surface area contributed by atoms with Crippen LogP contribution in [0.5, 0.6) is 0 Å². The van der Waals surface area contributed by atoms with Gasteiger partial charge >= 0.3 is 5.97 Å². The second kappa shape index (κ2) is 8.73. The van der Waals surface area contributed by atoms with Gasteiger partial charge in [0.1, 0.15) is 0 Å². The summed E-state index contributed by atoms with van der Waals surface area (Å²) in [4.78, 5) is 33.5. The molecule has 0 aliphatic heterocycles. The molecule has 114 valence electrons. The molecular weight excluding hydrogens is 272 g/mol. The van der Waals surface area contributed by atoms with Gasteiger partial charge in [0.2, 0.25) is 5.91 Å². The molecule has 0 bridgehead atoms. The first-order valence-electron chi connectivity index (χ1n) is 6.80. The van der Waals surface area contributed by atoms with Gasteiger partial charge in [-0.3, -0.25) is 14.4 Å². The van der Waals surface area contributed by atoms with Gasteiger partial charge in [-0.05, 0) is 24.1 Å². The van der Waals surface area contributed by atoms with Crippen LogP contribution in [0.1, 0.15) is 25.8 Å². The standard InChI is InChI=1S/C15H20N2O4/c1-3-12-4-6-13(7-5-12)17-14(19)10-21-15(20)8-9-16-11(2)18/h4-7H,3,8-10H2,1-2H3,(H,16,18)(H,17,19). The molecule has 1 rings (SSSR count). The molecule has 0 radical (unpaired) electrons. The Labute approximate surface area is 123 Å². The summed E-state index contributed by atoms with van der Waals surface area (Å²) in [7, 11) is 0. The van der Waals surface area contributed by atoms with Crippen molar-refractivity contribution in [1.29, 1.82) is 0 Å². The van der Waals surface area contributed by atoms with E-state index in [0.29, 0.717) is 5.69 Å². The van der Waals surface area contributed by atoms with Crippen LogP contribution in [0.3, 0.4) is 0 Å². The third-order valence-corrected chi connectivity index (χ3v) is 2.71. The summed E-state index contributed by atoms with van der Waals surface area (Å²) in [6, 6.07) is 7.45. The van der Waals surface area contributed by atoms with E-state index in [4.69, 9.17) is 4.74 Å². The maximum Gasteiger partial charge on any atom is 0.308 e. The Morgan fingerprint density at radius 1 is 1.14 bits per heavy atom. The van der Waals surface area contributed by atoms with Crippen LogP contribution in [0, 0.1) is 0 Å². The minimum Gasteiger partial charge on any atom is -0.456 e. The zero-order valence-corrected chi connectivity index (χ0v) is 12.3. The SMILES string of the molecule is CCc1ccc(NC(=O)COC(=O)CCNC(C)=O)cc1. The fraction of sp³-hybridized carbons (Fsp3) is 0.400. The topological polar surface area (TPSA) is 84.5 Å². The van der Waals surface area contributed by atoms with E-state index < -0.39 is 11.9 Å². The highest BCUT2D eigenvalue weighted by atomic mass is 16.5. The van der Waals surface area contributed by atoms with Gasteiger partial charge < -0.3 is 15.4 Å². The third kappa shape index (κ3) is 7.10. The van der Waals surface area contributed by atoms with Gasteiger partial charge in [-0.25, -0.2) is 0 Å². The lowest BCUT2D eigenvalue weighted by Gasteiger charge is -2.07. The van der Waals surface area contributed by atoms with Crippen molar-refractivity contribution in [3.63, 3.8) is 0 Å². The van der Waals surface area contributed by atoms with Crippen LogP contribution in [0.25, 0.3) is 0 Å². The van der Waals surface area contributed by atoms with Crippen molar-refractivity contribution >= 4 is 23.5 Å². The fourth-order valence-electron chi connectivity index (χ4n) is 1.58. The van der Waals surface area contributed by atoms with Crippen molar-refractivity contribution in [1.82, 2.24) is 5.32 Å². The molecule has 2 N–H and O–H groups in total. The zero-order valence-electron chi connectivity index (χ0n) is 12.3. The van der Waals surface area contributed by atoms with E-state index >= 15 is 0 Å². The average Bonchev–Trinajstić information content (AvgIpc) is 2.45. The quantitative estimate of drug-likeness (QED) is 0.741. The summed E-state index contributed by atoms with van der Waals surface area (Å²) in [5, 5.41) is 5.11. The molecule has 2 amide bonds. The molecule has 0 aliphatic carbocycles. The van der Waals surface area contributed by atoms with Crippen molar-refractivity contribution in [2.75, 3.05) is 18.5 Å². The Morgan fingerprint density at radius 3 is 2.38 bits per heavy atom. The highest BCUT2D eigenvalue weighted by Gasteiger charge is 2.08. The lowest BCUT2D eigenvalue weighted by atomic mass is 10.1. The molecule has 0 spiro atoms. The van der Waals surface area contributed by atoms with Gasteiger partial charge in [-0.1, -0.05) is 19.1 Å². The zero-order chi connectivity index (χ0) is 15.7. The van der Waals surface area contributed by atoms with Crippen LogP contribution in [-0.2, 0) is 25.5 Å². The molecule has 6 heteroatoms. The molecule has 0 aliphatic rings. The molecule has 0 aromatic heterocycles. The normalized spacial score (nSPS) is 9.81. The Kier molecular flexibility index (Phi) is 6.94. The molecule has 0 saturated carbocycles. The number of ether oxygens (including phenoxy) is 1. The highest BCUT2D eigenvalue weighted by molar-refractivity contribution is 5.92. The van der Waals surface area contributed by atoms with E-state index in [1.807, 2.05) is 19.1 Å². The van der Waals surface area contributed by atoms with Crippen molar-refractivity contribution in [2.45, 2.75) is 26.7 Å². The summed E-state index contributed by atoms with van der Waals surface area (Å²) in [5.74, 6) is -1.14. The van der Waals surface area contributed by atoms with E-state index in [1.165, 1.54) is 12.5 Å². The van der Waals surface area contributed by atoms with Gasteiger partial charge in [-0.2, -0.15) is 0 Å². The fourth-order valence-corrected chi connectivity index (χ4v) is 1.58. The molecule has 1 aromatic carbocycles. The van der Waals surface area contributed by atoms with Crippen molar-refractivity contribution < 1.29 is 19.1 Å². The molecule has 0 fully saturated rings. The van der Waals surface area contributed by atoms with Crippen LogP contribution in [0.4, 0.5) is 5.69 Å². The molecule has 0 unspecified atom stereocenters. The van der Waals surface area contributed by atoms with Gasteiger partial charge in [0, 0.05) is 19.2 Å². The molecule has 6 nitrogen and oxygen atoms in total. The summed E-state index contributed by atoms with van der Waals surface area (Å²) < 4.78 is 4.80. The molecule has 1 aromatic rings. The maximum absolute atomic E-state index is 11.6. The Morgan fingerprint density at radius 2 is 1.81 bits per heavy atom. The number of hydrogen-bond acceptors (Lipinski definition) is 4. The number of carbonyl (C=O) groups excluding carboxylic acids is 3. The molecule has 0 saturated heterocycles. The number of nitrogens with one attached hydrogen (secondary N) is 2. The van der Waals surface area contributed by atoms with Crippen molar-refractivity contribution in [3.05, 3.63) is 29.8 Å². The lowest BCUT2D eigenvalue weighted by molar-refractivity contribution is -0.147. The van der Waals surface area contributed by atoms with Crippen LogP contribution in [0.2, 0.25) is 0 Å². The average molecular weight is 292 g/mol. The Hall–Kier alpha value is -2.37. The first kappa shape index (κ1) is 16.7. The van der Waals surface area contributed by atoms with Gasteiger partial charge in [0.25, 0.3) is 5.91 Å². The maximum atomic E-state index is 11.6. The van der Waals surface area contributed by atoms with Crippen LogP contribution in [-0.4, -0.2) is 30.9 Å². The van der Waals surface area contributed by atoms with Gasteiger partial charge in [0.15, 0.2) is 6.61 Å². The molecule has 0 atom stereocenters.